The summed E-state index contributed by atoms with van der Waals surface area (Å²) in [5.74, 6) is 0. The van der Waals surface area contributed by atoms with Gasteiger partial charge in [0.05, 0.1) is 0 Å². The summed E-state index contributed by atoms with van der Waals surface area (Å²) in [7, 11) is 0. The Balaban J connectivity index is 2.84. The molecule has 1 heterocycles. The molecule has 1 atom stereocenters. The molecule has 1 nitrogen and oxygen atoms in total. The van der Waals surface area contributed by atoms with E-state index >= 15 is 0 Å². The van der Waals surface area contributed by atoms with Crippen LogP contribution in [-0.4, -0.2) is 6.54 Å². The van der Waals surface area contributed by atoms with Crippen molar-refractivity contribution >= 4 is 11.3 Å². The molecule has 2 heteroatoms. The Morgan fingerprint density at radius 2 is 2.14 bits per heavy atom. The molecule has 1 N–H and O–H groups in total. The monoisotopic (exact) mass is 211 g/mol. The van der Waals surface area contributed by atoms with Gasteiger partial charge >= 0.3 is 0 Å². The van der Waals surface area contributed by atoms with Gasteiger partial charge in [-0.2, -0.15) is 0 Å². The fraction of sp³-hybridized carbons (Fsp3) is 0.667. The van der Waals surface area contributed by atoms with Crippen LogP contribution in [0.4, 0.5) is 0 Å². The van der Waals surface area contributed by atoms with Crippen molar-refractivity contribution < 1.29 is 0 Å². The fourth-order valence-electron chi connectivity index (χ4n) is 1.63. The first-order valence-corrected chi connectivity index (χ1v) is 6.26. The lowest BCUT2D eigenvalue weighted by atomic mass is 9.81. The second-order valence-electron chi connectivity index (χ2n) is 4.35. The third-order valence-electron chi connectivity index (χ3n) is 2.93. The Hall–Kier alpha value is -0.340. The van der Waals surface area contributed by atoms with E-state index in [0.29, 0.717) is 11.5 Å². The standard InChI is InChI=1S/C12H21NS/c1-5-12(3,4)11(13-6-2)10-8-7-9-14-10/h7-9,11,13H,5-6H2,1-4H3. The zero-order valence-electron chi connectivity index (χ0n) is 9.63. The molecule has 1 aromatic rings. The number of rotatable bonds is 5. The Kier molecular flexibility index (Phi) is 4.14. The lowest BCUT2D eigenvalue weighted by molar-refractivity contribution is 0.240. The molecular formula is C12H21NS. The van der Waals surface area contributed by atoms with Crippen LogP contribution in [0.5, 0.6) is 0 Å². The number of hydrogen-bond donors (Lipinski definition) is 1. The Labute approximate surface area is 91.5 Å². The van der Waals surface area contributed by atoms with E-state index in [0.717, 1.165) is 6.54 Å². The van der Waals surface area contributed by atoms with Gasteiger partial charge in [0.1, 0.15) is 0 Å². The summed E-state index contributed by atoms with van der Waals surface area (Å²) in [4.78, 5) is 1.46. The smallest absolute Gasteiger partial charge is 0.0466 e. The third kappa shape index (κ3) is 2.58. The van der Waals surface area contributed by atoms with Crippen LogP contribution in [0.1, 0.15) is 45.0 Å². The van der Waals surface area contributed by atoms with Crippen LogP contribution >= 0.6 is 11.3 Å². The maximum Gasteiger partial charge on any atom is 0.0466 e. The Morgan fingerprint density at radius 1 is 1.43 bits per heavy atom. The number of thiophene rings is 1. The molecule has 0 saturated heterocycles. The van der Waals surface area contributed by atoms with Crippen LogP contribution in [0.15, 0.2) is 17.5 Å². The average molecular weight is 211 g/mol. The molecule has 0 fully saturated rings. The third-order valence-corrected chi connectivity index (χ3v) is 3.87. The SMILES string of the molecule is CCNC(c1cccs1)C(C)(C)CC. The van der Waals surface area contributed by atoms with Gasteiger partial charge in [-0.05, 0) is 29.8 Å². The molecular weight excluding hydrogens is 190 g/mol. The van der Waals surface area contributed by atoms with Gasteiger partial charge in [-0.15, -0.1) is 11.3 Å². The van der Waals surface area contributed by atoms with Crippen molar-refractivity contribution in [3.05, 3.63) is 22.4 Å². The lowest BCUT2D eigenvalue weighted by Crippen LogP contribution is -2.33. The zero-order chi connectivity index (χ0) is 10.6. The van der Waals surface area contributed by atoms with E-state index in [1.807, 2.05) is 11.3 Å². The van der Waals surface area contributed by atoms with Gasteiger partial charge in [-0.25, -0.2) is 0 Å². The first-order valence-electron chi connectivity index (χ1n) is 5.38. The van der Waals surface area contributed by atoms with Crippen molar-refractivity contribution in [1.82, 2.24) is 5.32 Å². The van der Waals surface area contributed by atoms with Crippen molar-refractivity contribution in [3.8, 4) is 0 Å². The first kappa shape index (κ1) is 11.7. The van der Waals surface area contributed by atoms with Gasteiger partial charge in [0.2, 0.25) is 0 Å². The van der Waals surface area contributed by atoms with Crippen LogP contribution < -0.4 is 5.32 Å². The van der Waals surface area contributed by atoms with Gasteiger partial charge < -0.3 is 5.32 Å². The summed E-state index contributed by atoms with van der Waals surface area (Å²) in [5.41, 5.74) is 0.334. The van der Waals surface area contributed by atoms with E-state index in [-0.39, 0.29) is 0 Å². The highest BCUT2D eigenvalue weighted by atomic mass is 32.1. The summed E-state index contributed by atoms with van der Waals surface area (Å²) in [6.45, 7) is 10.1. The van der Waals surface area contributed by atoms with Gasteiger partial charge in [0.15, 0.2) is 0 Å². The summed E-state index contributed by atoms with van der Waals surface area (Å²) in [5, 5.41) is 5.74. The molecule has 0 aliphatic heterocycles. The predicted molar refractivity (Wildman–Crippen MR) is 64.8 cm³/mol. The quantitative estimate of drug-likeness (QED) is 0.780. The highest BCUT2D eigenvalue weighted by Gasteiger charge is 2.28. The van der Waals surface area contributed by atoms with Gasteiger partial charge in [-0.3, -0.25) is 0 Å². The lowest BCUT2D eigenvalue weighted by Gasteiger charge is -2.33. The van der Waals surface area contributed by atoms with E-state index in [9.17, 15) is 0 Å². The number of hydrogen-bond acceptors (Lipinski definition) is 2. The van der Waals surface area contributed by atoms with Gasteiger partial charge in [0.25, 0.3) is 0 Å². The van der Waals surface area contributed by atoms with Crippen LogP contribution in [0.25, 0.3) is 0 Å². The minimum absolute atomic E-state index is 0.334. The van der Waals surface area contributed by atoms with E-state index in [2.05, 4.69) is 50.5 Å². The normalized spacial score (nSPS) is 14.3. The Morgan fingerprint density at radius 3 is 2.57 bits per heavy atom. The predicted octanol–water partition coefficient (Wildman–Crippen LogP) is 3.83. The molecule has 0 saturated carbocycles. The van der Waals surface area contributed by atoms with Crippen LogP contribution in [0, 0.1) is 5.41 Å². The maximum atomic E-state index is 3.59. The fourth-order valence-corrected chi connectivity index (χ4v) is 2.64. The van der Waals surface area contributed by atoms with E-state index in [4.69, 9.17) is 0 Å². The molecule has 14 heavy (non-hydrogen) atoms. The molecule has 0 aromatic carbocycles. The van der Waals surface area contributed by atoms with Crippen LogP contribution in [-0.2, 0) is 0 Å². The van der Waals surface area contributed by atoms with E-state index in [1.54, 1.807) is 0 Å². The summed E-state index contributed by atoms with van der Waals surface area (Å²) >= 11 is 1.85. The Bertz CT molecular complexity index is 251. The molecule has 0 bridgehead atoms. The molecule has 80 valence electrons. The van der Waals surface area contributed by atoms with Crippen molar-refractivity contribution in [2.24, 2.45) is 5.41 Å². The van der Waals surface area contributed by atoms with Crippen LogP contribution in [0.3, 0.4) is 0 Å². The molecule has 1 unspecified atom stereocenters. The second kappa shape index (κ2) is 4.94. The molecule has 0 aliphatic carbocycles. The highest BCUT2D eigenvalue weighted by molar-refractivity contribution is 7.10. The minimum atomic E-state index is 0.334. The van der Waals surface area contributed by atoms with Crippen LogP contribution in [0.2, 0.25) is 0 Å². The van der Waals surface area contributed by atoms with Gasteiger partial charge in [0, 0.05) is 10.9 Å². The average Bonchev–Trinajstić information content (AvgIpc) is 2.66. The molecule has 0 aliphatic rings. The second-order valence-corrected chi connectivity index (χ2v) is 5.33. The summed E-state index contributed by atoms with van der Waals surface area (Å²) in [6, 6.07) is 4.86. The molecule has 1 aromatic heterocycles. The minimum Gasteiger partial charge on any atom is -0.309 e. The zero-order valence-corrected chi connectivity index (χ0v) is 10.4. The van der Waals surface area contributed by atoms with Crippen molar-refractivity contribution in [3.63, 3.8) is 0 Å². The van der Waals surface area contributed by atoms with E-state index < -0.39 is 0 Å². The highest BCUT2D eigenvalue weighted by Crippen LogP contribution is 2.37. The number of nitrogens with one attached hydrogen (secondary N) is 1. The van der Waals surface area contributed by atoms with Crippen molar-refractivity contribution in [2.45, 2.75) is 40.2 Å². The van der Waals surface area contributed by atoms with E-state index in [1.165, 1.54) is 11.3 Å². The first-order chi connectivity index (χ1) is 6.61. The topological polar surface area (TPSA) is 12.0 Å². The van der Waals surface area contributed by atoms with Crippen molar-refractivity contribution in [2.75, 3.05) is 6.54 Å². The van der Waals surface area contributed by atoms with Crippen molar-refractivity contribution in [1.29, 1.82) is 0 Å². The maximum absolute atomic E-state index is 3.59. The largest absolute Gasteiger partial charge is 0.309 e. The summed E-state index contributed by atoms with van der Waals surface area (Å²) in [6.07, 6.45) is 1.20. The molecule has 0 radical (unpaired) electrons. The van der Waals surface area contributed by atoms with Gasteiger partial charge in [-0.1, -0.05) is 33.8 Å². The molecule has 0 spiro atoms. The molecule has 1 rings (SSSR count). The molecule has 0 amide bonds. The summed E-state index contributed by atoms with van der Waals surface area (Å²) < 4.78 is 0.